The normalized spacial score (nSPS) is 26.8. The van der Waals surface area contributed by atoms with Crippen LogP contribution in [-0.4, -0.2) is 68.8 Å². The number of hydrogen-bond donors (Lipinski definition) is 1. The molecule has 2 fully saturated rings. The van der Waals surface area contributed by atoms with E-state index in [2.05, 4.69) is 10.2 Å². The summed E-state index contributed by atoms with van der Waals surface area (Å²) in [6.45, 7) is 6.00. The highest BCUT2D eigenvalue weighted by Gasteiger charge is 2.28. The van der Waals surface area contributed by atoms with Crippen molar-refractivity contribution in [3.05, 3.63) is 0 Å². The fourth-order valence-corrected chi connectivity index (χ4v) is 2.63. The molecule has 0 aliphatic carbocycles. The van der Waals surface area contributed by atoms with Crippen LogP contribution in [0, 0.1) is 5.92 Å². The van der Waals surface area contributed by atoms with Crippen molar-refractivity contribution in [1.82, 2.24) is 15.1 Å². The Morgan fingerprint density at radius 2 is 2.41 bits per heavy atom. The molecule has 2 aliphatic heterocycles. The molecule has 0 aromatic heterocycles. The van der Waals surface area contributed by atoms with E-state index >= 15 is 0 Å². The third kappa shape index (κ3) is 3.66. The summed E-state index contributed by atoms with van der Waals surface area (Å²) in [5, 5.41) is 3.42. The molecular formula is C12H23N3O2. The Labute approximate surface area is 103 Å². The average Bonchev–Trinajstić information content (AvgIpc) is 2.68. The minimum atomic E-state index is 0.241. The van der Waals surface area contributed by atoms with E-state index in [0.29, 0.717) is 19.1 Å². The minimum absolute atomic E-state index is 0.241. The van der Waals surface area contributed by atoms with E-state index in [1.54, 1.807) is 7.11 Å². The van der Waals surface area contributed by atoms with Crippen molar-refractivity contribution in [2.45, 2.75) is 12.8 Å². The lowest BCUT2D eigenvalue weighted by Gasteiger charge is -2.27. The predicted molar refractivity (Wildman–Crippen MR) is 65.6 cm³/mol. The van der Waals surface area contributed by atoms with Gasteiger partial charge in [0.05, 0.1) is 19.8 Å². The molecule has 0 aromatic rings. The van der Waals surface area contributed by atoms with Gasteiger partial charge >= 0.3 is 0 Å². The molecule has 1 N–H and O–H groups in total. The van der Waals surface area contributed by atoms with Crippen molar-refractivity contribution in [3.8, 4) is 0 Å². The maximum Gasteiger partial charge on any atom is 0.237 e. The van der Waals surface area contributed by atoms with E-state index in [1.165, 1.54) is 12.8 Å². The summed E-state index contributed by atoms with van der Waals surface area (Å²) in [4.78, 5) is 15.9. The number of carbonyl (C=O) groups is 1. The zero-order chi connectivity index (χ0) is 12.1. The molecule has 0 saturated carbocycles. The second-order valence-electron chi connectivity index (χ2n) is 5.02. The number of methoxy groups -OCH3 is 1. The summed E-state index contributed by atoms with van der Waals surface area (Å²) in [7, 11) is 1.67. The van der Waals surface area contributed by atoms with Crippen molar-refractivity contribution in [1.29, 1.82) is 0 Å². The predicted octanol–water partition coefficient (Wildman–Crippen LogP) is -0.266. The Bertz CT molecular complexity index is 254. The number of carbonyl (C=O) groups excluding carboxylic acids is 1. The van der Waals surface area contributed by atoms with Gasteiger partial charge in [0.2, 0.25) is 5.91 Å². The monoisotopic (exact) mass is 241 g/mol. The lowest BCUT2D eigenvalue weighted by molar-refractivity contribution is -0.127. The second-order valence-corrected chi connectivity index (χ2v) is 5.02. The molecule has 17 heavy (non-hydrogen) atoms. The first kappa shape index (κ1) is 12.8. The average molecular weight is 241 g/mol. The molecule has 98 valence electrons. The molecule has 5 nitrogen and oxygen atoms in total. The summed E-state index contributed by atoms with van der Waals surface area (Å²) in [6.07, 6.45) is 2.55. The van der Waals surface area contributed by atoms with Gasteiger partial charge < -0.3 is 15.0 Å². The van der Waals surface area contributed by atoms with Gasteiger partial charge in [0.1, 0.15) is 0 Å². The van der Waals surface area contributed by atoms with E-state index in [9.17, 15) is 4.79 Å². The van der Waals surface area contributed by atoms with E-state index in [0.717, 1.165) is 32.8 Å². The first-order valence-corrected chi connectivity index (χ1v) is 6.49. The number of nitrogens with one attached hydrogen (secondary N) is 1. The largest absolute Gasteiger partial charge is 0.383 e. The highest BCUT2D eigenvalue weighted by Crippen LogP contribution is 2.15. The first-order chi connectivity index (χ1) is 8.29. The molecule has 1 atom stereocenters. The lowest BCUT2D eigenvalue weighted by Crippen LogP contribution is -2.38. The minimum Gasteiger partial charge on any atom is -0.383 e. The Balaban J connectivity index is 1.73. The maximum atomic E-state index is 11.7. The highest BCUT2D eigenvalue weighted by atomic mass is 16.5. The fourth-order valence-electron chi connectivity index (χ4n) is 2.63. The zero-order valence-corrected chi connectivity index (χ0v) is 10.7. The Morgan fingerprint density at radius 3 is 3.12 bits per heavy atom. The van der Waals surface area contributed by atoms with Crippen molar-refractivity contribution >= 4 is 5.91 Å². The summed E-state index contributed by atoms with van der Waals surface area (Å²) in [5.41, 5.74) is 0. The summed E-state index contributed by atoms with van der Waals surface area (Å²) < 4.78 is 5.01. The van der Waals surface area contributed by atoms with Crippen LogP contribution >= 0.6 is 0 Å². The summed E-state index contributed by atoms with van der Waals surface area (Å²) in [5.74, 6) is 0.949. The van der Waals surface area contributed by atoms with Crippen LogP contribution in [0.4, 0.5) is 0 Å². The van der Waals surface area contributed by atoms with Gasteiger partial charge in [-0.25, -0.2) is 0 Å². The van der Waals surface area contributed by atoms with E-state index in [1.807, 2.05) is 4.90 Å². The van der Waals surface area contributed by atoms with Crippen LogP contribution in [-0.2, 0) is 9.53 Å². The maximum absolute atomic E-state index is 11.7. The molecule has 5 heteroatoms. The lowest BCUT2D eigenvalue weighted by atomic mass is 9.99. The van der Waals surface area contributed by atoms with Gasteiger partial charge in [0, 0.05) is 20.2 Å². The van der Waals surface area contributed by atoms with Gasteiger partial charge in [0.15, 0.2) is 0 Å². The molecule has 0 aromatic carbocycles. The van der Waals surface area contributed by atoms with Crippen LogP contribution in [0.2, 0.25) is 0 Å². The first-order valence-electron chi connectivity index (χ1n) is 6.49. The molecule has 2 saturated heterocycles. The standard InChI is InChI=1S/C12H23N3O2/c1-17-6-5-15-10-14(9-12(15)16)8-11-3-2-4-13-7-11/h11,13H,2-10H2,1H3. The molecule has 2 rings (SSSR count). The Morgan fingerprint density at radius 1 is 1.53 bits per heavy atom. The topological polar surface area (TPSA) is 44.8 Å². The SMILES string of the molecule is COCCN1CN(CC2CCCNC2)CC1=O. The molecule has 1 amide bonds. The molecule has 1 unspecified atom stereocenters. The third-order valence-electron chi connectivity index (χ3n) is 3.56. The third-order valence-corrected chi connectivity index (χ3v) is 3.56. The zero-order valence-electron chi connectivity index (χ0n) is 10.7. The van der Waals surface area contributed by atoms with Gasteiger partial charge in [-0.15, -0.1) is 0 Å². The molecule has 2 heterocycles. The number of hydrogen-bond acceptors (Lipinski definition) is 4. The number of nitrogens with zero attached hydrogens (tertiary/aromatic N) is 2. The number of piperidine rings is 1. The van der Waals surface area contributed by atoms with Crippen molar-refractivity contribution < 1.29 is 9.53 Å². The van der Waals surface area contributed by atoms with E-state index in [4.69, 9.17) is 4.74 Å². The molecule has 0 radical (unpaired) electrons. The van der Waals surface area contributed by atoms with Crippen molar-refractivity contribution in [2.24, 2.45) is 5.92 Å². The van der Waals surface area contributed by atoms with Crippen LogP contribution < -0.4 is 5.32 Å². The Kier molecular flexibility index (Phi) is 4.76. The van der Waals surface area contributed by atoms with Gasteiger partial charge in [-0.05, 0) is 31.8 Å². The van der Waals surface area contributed by atoms with Crippen molar-refractivity contribution in [3.63, 3.8) is 0 Å². The molecule has 0 bridgehead atoms. The second kappa shape index (κ2) is 6.33. The van der Waals surface area contributed by atoms with Gasteiger partial charge in [-0.3, -0.25) is 9.69 Å². The molecule has 0 spiro atoms. The van der Waals surface area contributed by atoms with Crippen molar-refractivity contribution in [2.75, 3.05) is 53.1 Å². The fraction of sp³-hybridized carbons (Fsp3) is 0.917. The molecule has 2 aliphatic rings. The van der Waals surface area contributed by atoms with Gasteiger partial charge in [0.25, 0.3) is 0 Å². The number of ether oxygens (including phenoxy) is 1. The number of amides is 1. The highest BCUT2D eigenvalue weighted by molar-refractivity contribution is 5.80. The smallest absolute Gasteiger partial charge is 0.237 e. The van der Waals surface area contributed by atoms with Gasteiger partial charge in [-0.2, -0.15) is 0 Å². The van der Waals surface area contributed by atoms with Crippen LogP contribution in [0.3, 0.4) is 0 Å². The van der Waals surface area contributed by atoms with E-state index < -0.39 is 0 Å². The summed E-state index contributed by atoms with van der Waals surface area (Å²) >= 11 is 0. The van der Waals surface area contributed by atoms with Crippen LogP contribution in [0.5, 0.6) is 0 Å². The number of rotatable bonds is 5. The Hall–Kier alpha value is -0.650. The summed E-state index contributed by atoms with van der Waals surface area (Å²) in [6, 6.07) is 0. The van der Waals surface area contributed by atoms with E-state index in [-0.39, 0.29) is 5.91 Å². The van der Waals surface area contributed by atoms with Crippen LogP contribution in [0.15, 0.2) is 0 Å². The van der Waals surface area contributed by atoms with Crippen LogP contribution in [0.25, 0.3) is 0 Å². The molecular weight excluding hydrogens is 218 g/mol. The van der Waals surface area contributed by atoms with Crippen LogP contribution in [0.1, 0.15) is 12.8 Å². The van der Waals surface area contributed by atoms with Gasteiger partial charge in [-0.1, -0.05) is 0 Å². The quantitative estimate of drug-likeness (QED) is 0.720.